The van der Waals surface area contributed by atoms with Gasteiger partial charge in [-0.1, -0.05) is 0 Å². The Hall–Kier alpha value is -0.585. The summed E-state index contributed by atoms with van der Waals surface area (Å²) in [5.74, 6) is -0.0989. The number of rotatable bonds is 2. The summed E-state index contributed by atoms with van der Waals surface area (Å²) in [5, 5.41) is 17.0. The molecule has 0 aromatic rings. The van der Waals surface area contributed by atoms with Crippen LogP contribution in [0.5, 0.6) is 0 Å². The summed E-state index contributed by atoms with van der Waals surface area (Å²) in [7, 11) is -1.80. The van der Waals surface area contributed by atoms with E-state index in [1.165, 1.54) is 11.8 Å². The molecule has 1 rings (SSSR count). The fourth-order valence-electron chi connectivity index (χ4n) is 1.38. The molecule has 1 aliphatic rings. The summed E-state index contributed by atoms with van der Waals surface area (Å²) in [5.41, 5.74) is 0. The number of hydrogen-bond donors (Lipinski definition) is 2. The van der Waals surface area contributed by atoms with Crippen LogP contribution in [0.3, 0.4) is 0 Å². The smallest absolute Gasteiger partial charge is 0.402 e. The van der Waals surface area contributed by atoms with Crippen LogP contribution in [-0.2, 0) is 9.45 Å². The second kappa shape index (κ2) is 3.89. The minimum atomic E-state index is -1.80. The first-order chi connectivity index (χ1) is 5.61. The highest BCUT2D eigenvalue weighted by atomic mass is 16.6. The van der Waals surface area contributed by atoms with Crippen molar-refractivity contribution in [2.75, 3.05) is 6.54 Å². The van der Waals surface area contributed by atoms with Crippen molar-refractivity contribution >= 4 is 13.2 Å². The zero-order chi connectivity index (χ0) is 9.14. The van der Waals surface area contributed by atoms with E-state index in [9.17, 15) is 4.79 Å². The van der Waals surface area contributed by atoms with Crippen molar-refractivity contribution in [2.45, 2.75) is 26.0 Å². The molecule has 5 nitrogen and oxygen atoms in total. The molecule has 1 unspecified atom stereocenters. The molecule has 2 N–H and O–H groups in total. The molecule has 12 heavy (non-hydrogen) atoms. The summed E-state index contributed by atoms with van der Waals surface area (Å²) in [6, 6.07) is 0. The Labute approximate surface area is 71.1 Å². The van der Waals surface area contributed by atoms with Crippen molar-refractivity contribution in [3.8, 4) is 0 Å². The van der Waals surface area contributed by atoms with E-state index in [-0.39, 0.29) is 5.91 Å². The third kappa shape index (κ3) is 2.20. The molecular formula is C6H12BNO4. The molecule has 0 aromatic carbocycles. The number of carbonyl (C=O) groups excluding carboxylic acids is 1. The van der Waals surface area contributed by atoms with Crippen molar-refractivity contribution in [1.82, 2.24) is 4.90 Å². The van der Waals surface area contributed by atoms with Gasteiger partial charge in [-0.05, 0) is 12.8 Å². The van der Waals surface area contributed by atoms with E-state index in [1.807, 2.05) is 0 Å². The number of nitrogens with zero attached hydrogens (tertiary/aromatic N) is 1. The quantitative estimate of drug-likeness (QED) is 0.522. The highest BCUT2D eigenvalue weighted by Gasteiger charge is 2.30. The normalized spacial score (nSPS) is 22.9. The van der Waals surface area contributed by atoms with Crippen LogP contribution in [-0.4, -0.2) is 40.9 Å². The topological polar surface area (TPSA) is 70.0 Å². The molecule has 0 aliphatic carbocycles. The Morgan fingerprint density at radius 2 is 2.33 bits per heavy atom. The molecule has 1 aliphatic heterocycles. The van der Waals surface area contributed by atoms with E-state index in [0.29, 0.717) is 13.0 Å². The van der Waals surface area contributed by atoms with E-state index in [1.54, 1.807) is 0 Å². The molecule has 68 valence electrons. The van der Waals surface area contributed by atoms with Gasteiger partial charge in [0, 0.05) is 13.5 Å². The van der Waals surface area contributed by atoms with Crippen LogP contribution in [0, 0.1) is 0 Å². The molecule has 0 bridgehead atoms. The first kappa shape index (κ1) is 9.50. The number of amides is 1. The van der Waals surface area contributed by atoms with Gasteiger partial charge in [-0.15, -0.1) is 0 Å². The predicted octanol–water partition coefficient (Wildman–Crippen LogP) is -1.06. The number of hydrogen-bond acceptors (Lipinski definition) is 4. The molecule has 6 heteroatoms. The molecule has 0 aromatic heterocycles. The largest absolute Gasteiger partial charge is 0.635 e. The summed E-state index contributed by atoms with van der Waals surface area (Å²) in [4.78, 5) is 12.4. The van der Waals surface area contributed by atoms with Gasteiger partial charge in [-0.25, -0.2) is 0 Å². The van der Waals surface area contributed by atoms with Crippen LogP contribution < -0.4 is 0 Å². The maximum Gasteiger partial charge on any atom is 0.635 e. The molecule has 1 amide bonds. The average molecular weight is 173 g/mol. The lowest BCUT2D eigenvalue weighted by Gasteiger charge is -2.23. The Morgan fingerprint density at radius 3 is 2.83 bits per heavy atom. The monoisotopic (exact) mass is 173 g/mol. The second-order valence-corrected chi connectivity index (χ2v) is 2.77. The molecule has 0 spiro atoms. The highest BCUT2D eigenvalue weighted by Crippen LogP contribution is 2.18. The number of carbonyl (C=O) groups is 1. The standard InChI is InChI=1S/C6H12BNO4/c1-5(9)8-4-2-3-6(8)12-7(10)11/h6,10-11H,2-4H2,1H3. The Kier molecular flexibility index (Phi) is 3.08. The van der Waals surface area contributed by atoms with Gasteiger partial charge in [0.25, 0.3) is 0 Å². The summed E-state index contributed by atoms with van der Waals surface area (Å²) in [6.07, 6.45) is 1.04. The van der Waals surface area contributed by atoms with Crippen LogP contribution in [0.1, 0.15) is 19.8 Å². The van der Waals surface area contributed by atoms with Crippen LogP contribution in [0.2, 0.25) is 0 Å². The zero-order valence-electron chi connectivity index (χ0n) is 6.93. The second-order valence-electron chi connectivity index (χ2n) is 2.77. The van der Waals surface area contributed by atoms with Crippen molar-refractivity contribution in [2.24, 2.45) is 0 Å². The van der Waals surface area contributed by atoms with Crippen LogP contribution in [0.4, 0.5) is 0 Å². The molecule has 0 radical (unpaired) electrons. The molecule has 0 saturated carbocycles. The third-order valence-corrected chi connectivity index (χ3v) is 1.88. The molecule has 1 heterocycles. The first-order valence-electron chi connectivity index (χ1n) is 3.90. The first-order valence-corrected chi connectivity index (χ1v) is 3.90. The summed E-state index contributed by atoms with van der Waals surface area (Å²) < 4.78 is 4.70. The Bertz CT molecular complexity index is 175. The van der Waals surface area contributed by atoms with Gasteiger partial charge in [-0.3, -0.25) is 4.79 Å². The molecule has 1 atom stereocenters. The lowest BCUT2D eigenvalue weighted by Crippen LogP contribution is -2.39. The minimum absolute atomic E-state index is 0.0989. The SMILES string of the molecule is CC(=O)N1CCCC1OB(O)O. The van der Waals surface area contributed by atoms with Gasteiger partial charge >= 0.3 is 7.32 Å². The Balaban J connectivity index is 2.46. The molecule has 1 fully saturated rings. The average Bonchev–Trinajstić information content (AvgIpc) is 2.33. The Morgan fingerprint density at radius 1 is 1.67 bits per heavy atom. The number of likely N-dealkylation sites (tertiary alicyclic amines) is 1. The van der Waals surface area contributed by atoms with E-state index >= 15 is 0 Å². The van der Waals surface area contributed by atoms with Crippen molar-refractivity contribution < 1.29 is 19.5 Å². The lowest BCUT2D eigenvalue weighted by atomic mass is 10.2. The maximum absolute atomic E-state index is 10.9. The van der Waals surface area contributed by atoms with E-state index in [2.05, 4.69) is 0 Å². The summed E-state index contributed by atoms with van der Waals surface area (Å²) >= 11 is 0. The fraction of sp³-hybridized carbons (Fsp3) is 0.833. The minimum Gasteiger partial charge on any atom is -0.402 e. The van der Waals surface area contributed by atoms with Crippen molar-refractivity contribution in [1.29, 1.82) is 0 Å². The van der Waals surface area contributed by atoms with E-state index < -0.39 is 13.5 Å². The van der Waals surface area contributed by atoms with Gasteiger partial charge in [0.2, 0.25) is 5.91 Å². The van der Waals surface area contributed by atoms with Crippen LogP contribution in [0.25, 0.3) is 0 Å². The van der Waals surface area contributed by atoms with Crippen LogP contribution in [0.15, 0.2) is 0 Å². The highest BCUT2D eigenvalue weighted by molar-refractivity contribution is 6.32. The van der Waals surface area contributed by atoms with Gasteiger partial charge in [0.1, 0.15) is 6.23 Å². The van der Waals surface area contributed by atoms with Gasteiger partial charge in [0.05, 0.1) is 0 Å². The van der Waals surface area contributed by atoms with Crippen molar-refractivity contribution in [3.63, 3.8) is 0 Å². The van der Waals surface area contributed by atoms with Gasteiger partial charge < -0.3 is 19.6 Å². The fourth-order valence-corrected chi connectivity index (χ4v) is 1.38. The van der Waals surface area contributed by atoms with Crippen LogP contribution >= 0.6 is 0 Å². The molecular weight excluding hydrogens is 161 g/mol. The zero-order valence-corrected chi connectivity index (χ0v) is 6.93. The maximum atomic E-state index is 10.9. The van der Waals surface area contributed by atoms with E-state index in [0.717, 1.165) is 6.42 Å². The van der Waals surface area contributed by atoms with Crippen molar-refractivity contribution in [3.05, 3.63) is 0 Å². The summed E-state index contributed by atoms with van der Waals surface area (Å²) in [6.45, 7) is 2.07. The van der Waals surface area contributed by atoms with E-state index in [4.69, 9.17) is 14.7 Å². The van der Waals surface area contributed by atoms with Gasteiger partial charge in [-0.2, -0.15) is 0 Å². The lowest BCUT2D eigenvalue weighted by molar-refractivity contribution is -0.135. The van der Waals surface area contributed by atoms with Gasteiger partial charge in [0.15, 0.2) is 0 Å². The third-order valence-electron chi connectivity index (χ3n) is 1.88. The predicted molar refractivity (Wildman–Crippen MR) is 41.7 cm³/mol. The molecule has 1 saturated heterocycles.